The highest BCUT2D eigenvalue weighted by molar-refractivity contribution is 5.86. The summed E-state index contributed by atoms with van der Waals surface area (Å²) in [7, 11) is 1.79. The number of aromatic nitrogens is 3. The molecule has 3 aromatic carbocycles. The third-order valence-electron chi connectivity index (χ3n) is 7.48. The molecule has 8 heteroatoms. The summed E-state index contributed by atoms with van der Waals surface area (Å²) >= 11 is 0. The van der Waals surface area contributed by atoms with E-state index in [9.17, 15) is 17.6 Å². The maximum absolute atomic E-state index is 15.5. The molecule has 0 fully saturated rings. The molecule has 2 heterocycles. The highest BCUT2D eigenvalue weighted by atomic mass is 19.4. The number of benzene rings is 3. The lowest BCUT2D eigenvalue weighted by Gasteiger charge is -2.32. The molecule has 0 saturated heterocycles. The van der Waals surface area contributed by atoms with Crippen molar-refractivity contribution in [3.05, 3.63) is 130 Å². The Morgan fingerprint density at radius 3 is 2.05 bits per heavy atom. The van der Waals surface area contributed by atoms with Gasteiger partial charge in [0.25, 0.3) is 0 Å². The van der Waals surface area contributed by atoms with Gasteiger partial charge in [-0.2, -0.15) is 13.2 Å². The number of nitrogens with zero attached hydrogens (tertiary/aromatic N) is 3. The van der Waals surface area contributed by atoms with E-state index in [1.807, 2.05) is 6.92 Å². The van der Waals surface area contributed by atoms with E-state index in [2.05, 4.69) is 9.97 Å². The van der Waals surface area contributed by atoms with Crippen molar-refractivity contribution in [3.8, 4) is 0 Å². The molecule has 1 atom stereocenters. The molecule has 0 aliphatic heterocycles. The van der Waals surface area contributed by atoms with Crippen LogP contribution in [-0.4, -0.2) is 14.5 Å². The van der Waals surface area contributed by atoms with Crippen LogP contribution in [0.15, 0.2) is 85.3 Å². The van der Waals surface area contributed by atoms with Crippen LogP contribution in [0.2, 0.25) is 0 Å². The molecule has 1 unspecified atom stereocenters. The van der Waals surface area contributed by atoms with Gasteiger partial charge in [0.1, 0.15) is 11.5 Å². The molecule has 0 bridgehead atoms. The largest absolute Gasteiger partial charge is 0.417 e. The van der Waals surface area contributed by atoms with Crippen LogP contribution in [-0.2, 0) is 30.7 Å². The standard InChI is InChI=1S/C32H28F5N3/c1-30(2,34)29-25(16-20-8-6-5-7-9-20)28(32(35,36)37)24-17-22(12-15-26(24)39-29)31(3,27-18-38-19-40(27)4)21-10-13-23(33)14-11-21/h5-15,17-19H,16H2,1-4H3. The maximum Gasteiger partial charge on any atom is 0.417 e. The predicted molar refractivity (Wildman–Crippen MR) is 145 cm³/mol. The number of halogens is 5. The molecular weight excluding hydrogens is 521 g/mol. The Balaban J connectivity index is 1.85. The van der Waals surface area contributed by atoms with E-state index in [1.54, 1.807) is 72.7 Å². The lowest BCUT2D eigenvalue weighted by Crippen LogP contribution is -2.28. The van der Waals surface area contributed by atoms with Gasteiger partial charge in [-0.05, 0) is 73.7 Å². The fourth-order valence-electron chi connectivity index (χ4n) is 5.49. The molecule has 0 spiro atoms. The van der Waals surface area contributed by atoms with Gasteiger partial charge in [-0.1, -0.05) is 48.5 Å². The van der Waals surface area contributed by atoms with Crippen molar-refractivity contribution < 1.29 is 22.0 Å². The van der Waals surface area contributed by atoms with Crippen LogP contribution in [0.5, 0.6) is 0 Å². The Morgan fingerprint density at radius 2 is 1.48 bits per heavy atom. The smallest absolute Gasteiger partial charge is 0.337 e. The monoisotopic (exact) mass is 549 g/mol. The summed E-state index contributed by atoms with van der Waals surface area (Å²) in [6, 6.07) is 19.2. The first kappa shape index (κ1) is 27.5. The van der Waals surface area contributed by atoms with Crippen LogP contribution in [0.25, 0.3) is 10.9 Å². The summed E-state index contributed by atoms with van der Waals surface area (Å²) in [6.07, 6.45) is -1.67. The van der Waals surface area contributed by atoms with Crippen LogP contribution in [0.1, 0.15) is 60.0 Å². The van der Waals surface area contributed by atoms with Gasteiger partial charge >= 0.3 is 6.18 Å². The second kappa shape index (κ2) is 9.84. The number of fused-ring (bicyclic) bond motifs is 1. The number of alkyl halides is 4. The van der Waals surface area contributed by atoms with Crippen LogP contribution < -0.4 is 0 Å². The summed E-state index contributed by atoms with van der Waals surface area (Å²) in [5.74, 6) is -0.426. The summed E-state index contributed by atoms with van der Waals surface area (Å²) < 4.78 is 76.0. The van der Waals surface area contributed by atoms with Crippen molar-refractivity contribution in [2.45, 2.75) is 44.5 Å². The first-order valence-electron chi connectivity index (χ1n) is 12.8. The molecule has 0 aliphatic carbocycles. The van der Waals surface area contributed by atoms with Crippen molar-refractivity contribution >= 4 is 10.9 Å². The fourth-order valence-corrected chi connectivity index (χ4v) is 5.49. The van der Waals surface area contributed by atoms with E-state index < -0.39 is 28.6 Å². The van der Waals surface area contributed by atoms with E-state index in [4.69, 9.17) is 0 Å². The highest BCUT2D eigenvalue weighted by Gasteiger charge is 2.41. The molecule has 0 saturated carbocycles. The van der Waals surface area contributed by atoms with Gasteiger partial charge in [0.2, 0.25) is 0 Å². The zero-order chi connectivity index (χ0) is 28.9. The Labute approximate surface area is 229 Å². The average molecular weight is 550 g/mol. The number of hydrogen-bond donors (Lipinski definition) is 0. The fraction of sp³-hybridized carbons (Fsp3) is 0.250. The van der Waals surface area contributed by atoms with Crippen LogP contribution in [0.4, 0.5) is 22.0 Å². The average Bonchev–Trinajstić information content (AvgIpc) is 3.33. The van der Waals surface area contributed by atoms with Gasteiger partial charge in [0.05, 0.1) is 34.2 Å². The lowest BCUT2D eigenvalue weighted by atomic mass is 9.73. The zero-order valence-electron chi connectivity index (χ0n) is 22.5. The molecule has 0 aliphatic rings. The summed E-state index contributed by atoms with van der Waals surface area (Å²) in [4.78, 5) is 8.69. The van der Waals surface area contributed by atoms with E-state index in [0.29, 0.717) is 22.4 Å². The van der Waals surface area contributed by atoms with Crippen LogP contribution >= 0.6 is 0 Å². The van der Waals surface area contributed by atoms with Crippen molar-refractivity contribution in [3.63, 3.8) is 0 Å². The predicted octanol–water partition coefficient (Wildman–Crippen LogP) is 8.28. The molecule has 5 aromatic rings. The molecule has 0 N–H and O–H groups in total. The van der Waals surface area contributed by atoms with Gasteiger partial charge in [-0.25, -0.2) is 18.7 Å². The molecule has 0 amide bonds. The van der Waals surface area contributed by atoms with Crippen LogP contribution in [0.3, 0.4) is 0 Å². The second-order valence-electron chi connectivity index (χ2n) is 10.7. The van der Waals surface area contributed by atoms with Crippen molar-refractivity contribution in [1.82, 2.24) is 14.5 Å². The Kier molecular flexibility index (Phi) is 6.76. The van der Waals surface area contributed by atoms with Gasteiger partial charge in [0, 0.05) is 18.6 Å². The van der Waals surface area contributed by atoms with Crippen molar-refractivity contribution in [1.29, 1.82) is 0 Å². The van der Waals surface area contributed by atoms with E-state index >= 15 is 4.39 Å². The zero-order valence-corrected chi connectivity index (χ0v) is 22.5. The van der Waals surface area contributed by atoms with Crippen molar-refractivity contribution in [2.24, 2.45) is 7.05 Å². The minimum Gasteiger partial charge on any atom is -0.337 e. The number of pyridine rings is 1. The van der Waals surface area contributed by atoms with E-state index in [-0.39, 0.29) is 28.6 Å². The topological polar surface area (TPSA) is 30.7 Å². The number of aryl methyl sites for hydroxylation is 1. The molecule has 3 nitrogen and oxygen atoms in total. The molecular formula is C32H28F5N3. The third-order valence-corrected chi connectivity index (χ3v) is 7.48. The maximum atomic E-state index is 15.5. The molecule has 0 radical (unpaired) electrons. The number of hydrogen-bond acceptors (Lipinski definition) is 2. The SMILES string of the molecule is Cn1cncc1C(C)(c1ccc(F)cc1)c1ccc2nc(C(C)(C)F)c(Cc3ccccc3)c(C(F)(F)F)c2c1. The number of rotatable bonds is 6. The lowest BCUT2D eigenvalue weighted by molar-refractivity contribution is -0.137. The second-order valence-corrected chi connectivity index (χ2v) is 10.7. The van der Waals surface area contributed by atoms with E-state index in [0.717, 1.165) is 0 Å². The Morgan fingerprint density at radius 1 is 0.825 bits per heavy atom. The Bertz CT molecular complexity index is 1670. The normalized spacial score (nSPS) is 13.9. The van der Waals surface area contributed by atoms with Gasteiger partial charge in [-0.3, -0.25) is 0 Å². The first-order chi connectivity index (χ1) is 18.8. The molecule has 206 valence electrons. The molecule has 2 aromatic heterocycles. The first-order valence-corrected chi connectivity index (χ1v) is 12.8. The molecule has 5 rings (SSSR count). The summed E-state index contributed by atoms with van der Waals surface area (Å²) in [6.45, 7) is 4.30. The highest BCUT2D eigenvalue weighted by Crippen LogP contribution is 2.45. The van der Waals surface area contributed by atoms with E-state index in [1.165, 1.54) is 38.1 Å². The third kappa shape index (κ3) is 4.87. The minimum atomic E-state index is -4.79. The minimum absolute atomic E-state index is 0.0417. The number of imidazole rings is 1. The van der Waals surface area contributed by atoms with Crippen molar-refractivity contribution in [2.75, 3.05) is 0 Å². The van der Waals surface area contributed by atoms with Gasteiger partial charge in [-0.15, -0.1) is 0 Å². The van der Waals surface area contributed by atoms with Gasteiger partial charge in [0.15, 0.2) is 0 Å². The summed E-state index contributed by atoms with van der Waals surface area (Å²) in [5.41, 5.74) is -1.90. The van der Waals surface area contributed by atoms with Gasteiger partial charge < -0.3 is 4.57 Å². The summed E-state index contributed by atoms with van der Waals surface area (Å²) in [5, 5.41) is -0.126. The quantitative estimate of drug-likeness (QED) is 0.200. The molecule has 40 heavy (non-hydrogen) atoms. The van der Waals surface area contributed by atoms with Crippen LogP contribution in [0, 0.1) is 5.82 Å². The Hall–Kier alpha value is -4.07.